The monoisotopic (exact) mass is 264 g/mol. The van der Waals surface area contributed by atoms with Crippen molar-refractivity contribution in [2.75, 3.05) is 7.05 Å². The van der Waals surface area contributed by atoms with Gasteiger partial charge in [0.1, 0.15) is 11.0 Å². The van der Waals surface area contributed by atoms with Crippen molar-refractivity contribution in [3.8, 4) is 0 Å². The summed E-state index contributed by atoms with van der Waals surface area (Å²) in [6.07, 6.45) is 1.67. The Hall–Kier alpha value is -1.45. The van der Waals surface area contributed by atoms with Gasteiger partial charge in [0.05, 0.1) is 0 Å². The Morgan fingerprint density at radius 3 is 2.56 bits per heavy atom. The van der Waals surface area contributed by atoms with Crippen LogP contribution in [0, 0.1) is 5.82 Å². The summed E-state index contributed by atoms with van der Waals surface area (Å²) >= 11 is 6.00. The van der Waals surface area contributed by atoms with Crippen molar-refractivity contribution in [1.82, 2.24) is 9.88 Å². The second kappa shape index (κ2) is 5.94. The number of aromatic nitrogens is 1. The molecule has 2 nitrogen and oxygen atoms in total. The first kappa shape index (κ1) is 13.0. The molecule has 2 rings (SSSR count). The van der Waals surface area contributed by atoms with Crippen LogP contribution in [-0.4, -0.2) is 16.9 Å². The summed E-state index contributed by atoms with van der Waals surface area (Å²) in [5.41, 5.74) is 2.06. The lowest BCUT2D eigenvalue weighted by Crippen LogP contribution is -2.17. The molecule has 18 heavy (non-hydrogen) atoms. The highest BCUT2D eigenvalue weighted by molar-refractivity contribution is 6.30. The number of nitrogens with zero attached hydrogens (tertiary/aromatic N) is 2. The van der Waals surface area contributed by atoms with Crippen molar-refractivity contribution in [3.63, 3.8) is 0 Å². The van der Waals surface area contributed by atoms with Crippen molar-refractivity contribution in [2.24, 2.45) is 0 Å². The molecule has 0 aliphatic rings. The lowest BCUT2D eigenvalue weighted by molar-refractivity contribution is 0.318. The Morgan fingerprint density at radius 2 is 1.89 bits per heavy atom. The van der Waals surface area contributed by atoms with E-state index < -0.39 is 0 Å². The lowest BCUT2D eigenvalue weighted by Gasteiger charge is -2.17. The first-order chi connectivity index (χ1) is 8.65. The van der Waals surface area contributed by atoms with Gasteiger partial charge in [0.2, 0.25) is 0 Å². The van der Waals surface area contributed by atoms with Gasteiger partial charge in [0.15, 0.2) is 0 Å². The summed E-state index contributed by atoms with van der Waals surface area (Å²) < 4.78 is 12.8. The number of hydrogen-bond acceptors (Lipinski definition) is 2. The Labute approximate surface area is 111 Å². The topological polar surface area (TPSA) is 16.1 Å². The van der Waals surface area contributed by atoms with Crippen LogP contribution < -0.4 is 0 Å². The highest BCUT2D eigenvalue weighted by Gasteiger charge is 2.05. The molecule has 0 bridgehead atoms. The van der Waals surface area contributed by atoms with Crippen molar-refractivity contribution < 1.29 is 4.39 Å². The molecule has 2 aromatic rings. The molecule has 1 heterocycles. The quantitative estimate of drug-likeness (QED) is 0.786. The van der Waals surface area contributed by atoms with Gasteiger partial charge in [-0.05, 0) is 30.8 Å². The van der Waals surface area contributed by atoms with Crippen molar-refractivity contribution >= 4 is 11.6 Å². The summed E-state index contributed by atoms with van der Waals surface area (Å²) in [6.45, 7) is 1.45. The predicted molar refractivity (Wildman–Crippen MR) is 70.8 cm³/mol. The van der Waals surface area contributed by atoms with E-state index in [1.165, 1.54) is 12.1 Å². The molecule has 0 saturated heterocycles. The molecular formula is C14H14ClFN2. The third-order valence-electron chi connectivity index (χ3n) is 2.64. The van der Waals surface area contributed by atoms with Gasteiger partial charge in [-0.1, -0.05) is 29.8 Å². The van der Waals surface area contributed by atoms with Crippen LogP contribution in [0.25, 0.3) is 0 Å². The van der Waals surface area contributed by atoms with E-state index in [1.807, 2.05) is 19.2 Å². The lowest BCUT2D eigenvalue weighted by atomic mass is 10.2. The SMILES string of the molecule is CN(Cc1ccc(F)cc1)Cc1cccnc1Cl. The van der Waals surface area contributed by atoms with E-state index in [0.717, 1.165) is 17.7 Å². The van der Waals surface area contributed by atoms with Crippen LogP contribution in [0.5, 0.6) is 0 Å². The highest BCUT2D eigenvalue weighted by atomic mass is 35.5. The van der Waals surface area contributed by atoms with E-state index in [1.54, 1.807) is 18.3 Å². The van der Waals surface area contributed by atoms with Crippen LogP contribution in [-0.2, 0) is 13.1 Å². The van der Waals surface area contributed by atoms with E-state index in [0.29, 0.717) is 11.7 Å². The van der Waals surface area contributed by atoms with Gasteiger partial charge in [-0.25, -0.2) is 9.37 Å². The highest BCUT2D eigenvalue weighted by Crippen LogP contribution is 2.15. The van der Waals surface area contributed by atoms with Gasteiger partial charge in [-0.3, -0.25) is 4.90 Å². The smallest absolute Gasteiger partial charge is 0.133 e. The fourth-order valence-electron chi connectivity index (χ4n) is 1.79. The third-order valence-corrected chi connectivity index (χ3v) is 2.98. The number of pyridine rings is 1. The van der Waals surface area contributed by atoms with Crippen molar-refractivity contribution in [1.29, 1.82) is 0 Å². The van der Waals surface area contributed by atoms with Crippen LogP contribution in [0.15, 0.2) is 42.6 Å². The van der Waals surface area contributed by atoms with Gasteiger partial charge in [-0.2, -0.15) is 0 Å². The summed E-state index contributed by atoms with van der Waals surface area (Å²) in [5, 5.41) is 0.531. The molecule has 0 saturated carbocycles. The third kappa shape index (κ3) is 3.52. The van der Waals surface area contributed by atoms with Gasteiger partial charge in [-0.15, -0.1) is 0 Å². The summed E-state index contributed by atoms with van der Waals surface area (Å²) in [6, 6.07) is 10.3. The fraction of sp³-hybridized carbons (Fsp3) is 0.214. The number of rotatable bonds is 4. The van der Waals surface area contributed by atoms with E-state index >= 15 is 0 Å². The zero-order valence-electron chi connectivity index (χ0n) is 10.1. The van der Waals surface area contributed by atoms with E-state index in [-0.39, 0.29) is 5.82 Å². The normalized spacial score (nSPS) is 10.9. The second-order valence-electron chi connectivity index (χ2n) is 4.25. The molecule has 0 radical (unpaired) electrons. The number of benzene rings is 1. The summed E-state index contributed by atoms with van der Waals surface area (Å²) in [5.74, 6) is -0.211. The zero-order chi connectivity index (χ0) is 13.0. The molecule has 0 amide bonds. The summed E-state index contributed by atoms with van der Waals surface area (Å²) in [4.78, 5) is 6.15. The van der Waals surface area contributed by atoms with E-state index in [2.05, 4.69) is 9.88 Å². The maximum absolute atomic E-state index is 12.8. The van der Waals surface area contributed by atoms with Crippen LogP contribution in [0.4, 0.5) is 4.39 Å². The van der Waals surface area contributed by atoms with Gasteiger partial charge in [0, 0.05) is 24.8 Å². The molecule has 0 aliphatic carbocycles. The van der Waals surface area contributed by atoms with Gasteiger partial charge in [0.25, 0.3) is 0 Å². The standard InChI is InChI=1S/C14H14ClFN2/c1-18(9-11-4-6-13(16)7-5-11)10-12-3-2-8-17-14(12)15/h2-8H,9-10H2,1H3. The molecule has 4 heteroatoms. The largest absolute Gasteiger partial charge is 0.298 e. The molecular weight excluding hydrogens is 251 g/mol. The Kier molecular flexibility index (Phi) is 4.28. The molecule has 0 fully saturated rings. The predicted octanol–water partition coefficient (Wildman–Crippen LogP) is 3.51. The zero-order valence-corrected chi connectivity index (χ0v) is 10.9. The Balaban J connectivity index is 1.99. The minimum Gasteiger partial charge on any atom is -0.298 e. The van der Waals surface area contributed by atoms with Crippen LogP contribution in [0.3, 0.4) is 0 Å². The minimum absolute atomic E-state index is 0.211. The molecule has 1 aromatic carbocycles. The molecule has 0 aliphatic heterocycles. The molecule has 0 spiro atoms. The van der Waals surface area contributed by atoms with Gasteiger partial charge < -0.3 is 0 Å². The number of hydrogen-bond donors (Lipinski definition) is 0. The second-order valence-corrected chi connectivity index (χ2v) is 4.61. The minimum atomic E-state index is -0.211. The van der Waals surface area contributed by atoms with Crippen molar-refractivity contribution in [3.05, 3.63) is 64.7 Å². The van der Waals surface area contributed by atoms with Crippen molar-refractivity contribution in [2.45, 2.75) is 13.1 Å². The molecule has 1 aromatic heterocycles. The molecule has 94 valence electrons. The van der Waals surface area contributed by atoms with E-state index in [4.69, 9.17) is 11.6 Å². The first-order valence-corrected chi connectivity index (χ1v) is 6.05. The average Bonchev–Trinajstić information content (AvgIpc) is 2.35. The fourth-order valence-corrected chi connectivity index (χ4v) is 1.96. The molecule has 0 atom stereocenters. The van der Waals surface area contributed by atoms with Crippen LogP contribution in [0.1, 0.15) is 11.1 Å². The molecule has 0 unspecified atom stereocenters. The Bertz CT molecular complexity index is 513. The maximum Gasteiger partial charge on any atom is 0.133 e. The van der Waals surface area contributed by atoms with E-state index in [9.17, 15) is 4.39 Å². The molecule has 0 N–H and O–H groups in total. The maximum atomic E-state index is 12.8. The number of halogens is 2. The Morgan fingerprint density at radius 1 is 1.17 bits per heavy atom. The van der Waals surface area contributed by atoms with Crippen LogP contribution in [0.2, 0.25) is 5.15 Å². The van der Waals surface area contributed by atoms with Crippen LogP contribution >= 0.6 is 11.6 Å². The average molecular weight is 265 g/mol. The van der Waals surface area contributed by atoms with Gasteiger partial charge >= 0.3 is 0 Å². The first-order valence-electron chi connectivity index (χ1n) is 5.67. The summed E-state index contributed by atoms with van der Waals surface area (Å²) in [7, 11) is 1.99.